The van der Waals surface area contributed by atoms with E-state index in [1.165, 1.54) is 0 Å². The lowest BCUT2D eigenvalue weighted by Crippen LogP contribution is -2.50. The smallest absolute Gasteiger partial charge is 0.255 e. The highest BCUT2D eigenvalue weighted by Gasteiger charge is 2.30. The summed E-state index contributed by atoms with van der Waals surface area (Å²) in [6.45, 7) is 2.06. The lowest BCUT2D eigenvalue weighted by Gasteiger charge is -2.38. The van der Waals surface area contributed by atoms with Crippen LogP contribution in [0, 0.1) is 0 Å². The Morgan fingerprint density at radius 2 is 1.85 bits per heavy atom. The number of halogens is 1. The van der Waals surface area contributed by atoms with Crippen molar-refractivity contribution in [3.8, 4) is 0 Å². The molecule has 0 saturated heterocycles. The Balaban J connectivity index is 2.13. The zero-order valence-corrected chi connectivity index (χ0v) is 11.9. The standard InChI is InChI=1S/C16H15ClN2O/c1-2-15-18-16(20)13-5-3-4-6-14(13)19(15)12-9-7-11(17)8-10-12/h3-10,15H,2H2,1H3,(H,18,20). The van der Waals surface area contributed by atoms with Crippen LogP contribution in [0.4, 0.5) is 11.4 Å². The first-order valence-corrected chi connectivity index (χ1v) is 7.03. The van der Waals surface area contributed by atoms with E-state index in [0.29, 0.717) is 10.6 Å². The van der Waals surface area contributed by atoms with Gasteiger partial charge in [0.05, 0.1) is 11.3 Å². The van der Waals surface area contributed by atoms with Gasteiger partial charge in [0.15, 0.2) is 0 Å². The van der Waals surface area contributed by atoms with Crippen LogP contribution in [0.5, 0.6) is 0 Å². The molecule has 1 aliphatic rings. The molecule has 20 heavy (non-hydrogen) atoms. The van der Waals surface area contributed by atoms with E-state index >= 15 is 0 Å². The summed E-state index contributed by atoms with van der Waals surface area (Å²) in [6.07, 6.45) is 0.779. The molecule has 0 saturated carbocycles. The maximum atomic E-state index is 12.1. The fourth-order valence-corrected chi connectivity index (χ4v) is 2.67. The van der Waals surface area contributed by atoms with Crippen LogP contribution in [-0.2, 0) is 0 Å². The van der Waals surface area contributed by atoms with Crippen LogP contribution < -0.4 is 10.2 Å². The predicted molar refractivity (Wildman–Crippen MR) is 81.6 cm³/mol. The molecule has 3 rings (SSSR count). The summed E-state index contributed by atoms with van der Waals surface area (Å²) in [5.74, 6) is -0.0161. The summed E-state index contributed by atoms with van der Waals surface area (Å²) in [5, 5.41) is 3.74. The van der Waals surface area contributed by atoms with Crippen molar-refractivity contribution in [1.82, 2.24) is 5.32 Å². The Bertz CT molecular complexity index is 639. The third kappa shape index (κ3) is 2.14. The van der Waals surface area contributed by atoms with Crippen LogP contribution >= 0.6 is 11.6 Å². The molecule has 102 valence electrons. The second kappa shape index (κ2) is 5.17. The number of nitrogens with one attached hydrogen (secondary N) is 1. The zero-order valence-electron chi connectivity index (χ0n) is 11.1. The molecule has 4 heteroatoms. The summed E-state index contributed by atoms with van der Waals surface area (Å²) in [5.41, 5.74) is 2.66. The van der Waals surface area contributed by atoms with Crippen molar-refractivity contribution in [3.05, 3.63) is 59.1 Å². The van der Waals surface area contributed by atoms with E-state index in [1.807, 2.05) is 48.5 Å². The van der Waals surface area contributed by atoms with Crippen molar-refractivity contribution in [2.75, 3.05) is 4.90 Å². The molecule has 0 fully saturated rings. The Morgan fingerprint density at radius 1 is 1.15 bits per heavy atom. The van der Waals surface area contributed by atoms with Crippen molar-refractivity contribution in [2.24, 2.45) is 0 Å². The van der Waals surface area contributed by atoms with Gasteiger partial charge in [0.2, 0.25) is 0 Å². The minimum Gasteiger partial charge on any atom is -0.331 e. The van der Waals surface area contributed by atoms with Gasteiger partial charge in [-0.15, -0.1) is 0 Å². The van der Waals surface area contributed by atoms with Crippen LogP contribution in [0.15, 0.2) is 48.5 Å². The number of para-hydroxylation sites is 1. The van der Waals surface area contributed by atoms with Crippen molar-refractivity contribution >= 4 is 28.9 Å². The summed E-state index contributed by atoms with van der Waals surface area (Å²) in [6, 6.07) is 15.3. The zero-order chi connectivity index (χ0) is 14.1. The highest BCUT2D eigenvalue weighted by Crippen LogP contribution is 2.34. The average Bonchev–Trinajstić information content (AvgIpc) is 2.48. The number of hydrogen-bond acceptors (Lipinski definition) is 2. The fraction of sp³-hybridized carbons (Fsp3) is 0.188. The molecule has 0 aromatic heterocycles. The van der Waals surface area contributed by atoms with E-state index in [0.717, 1.165) is 17.8 Å². The van der Waals surface area contributed by atoms with Gasteiger partial charge >= 0.3 is 0 Å². The first-order valence-electron chi connectivity index (χ1n) is 6.65. The monoisotopic (exact) mass is 286 g/mol. The van der Waals surface area contributed by atoms with Gasteiger partial charge < -0.3 is 10.2 Å². The van der Waals surface area contributed by atoms with Crippen molar-refractivity contribution < 1.29 is 4.79 Å². The highest BCUT2D eigenvalue weighted by atomic mass is 35.5. The number of nitrogens with zero attached hydrogens (tertiary/aromatic N) is 1. The van der Waals surface area contributed by atoms with Crippen LogP contribution in [0.25, 0.3) is 0 Å². The largest absolute Gasteiger partial charge is 0.331 e. The number of rotatable bonds is 2. The van der Waals surface area contributed by atoms with Gasteiger partial charge in [-0.25, -0.2) is 0 Å². The Morgan fingerprint density at radius 3 is 2.55 bits per heavy atom. The summed E-state index contributed by atoms with van der Waals surface area (Å²) < 4.78 is 0. The Hall–Kier alpha value is -2.00. The van der Waals surface area contributed by atoms with Gasteiger partial charge in [-0.3, -0.25) is 4.79 Å². The van der Waals surface area contributed by atoms with E-state index in [4.69, 9.17) is 11.6 Å². The highest BCUT2D eigenvalue weighted by molar-refractivity contribution is 6.30. The lowest BCUT2D eigenvalue weighted by molar-refractivity contribution is 0.0929. The fourth-order valence-electron chi connectivity index (χ4n) is 2.54. The molecule has 1 heterocycles. The van der Waals surface area contributed by atoms with Crippen molar-refractivity contribution in [2.45, 2.75) is 19.5 Å². The van der Waals surface area contributed by atoms with Crippen LogP contribution in [0.2, 0.25) is 5.02 Å². The molecule has 0 radical (unpaired) electrons. The van der Waals surface area contributed by atoms with Gasteiger partial charge in [0, 0.05) is 10.7 Å². The second-order valence-corrected chi connectivity index (χ2v) is 5.20. The predicted octanol–water partition coefficient (Wildman–Crippen LogP) is 3.96. The van der Waals surface area contributed by atoms with Gasteiger partial charge in [-0.1, -0.05) is 30.7 Å². The second-order valence-electron chi connectivity index (χ2n) is 4.76. The first-order chi connectivity index (χ1) is 9.70. The molecule has 2 aromatic carbocycles. The van der Waals surface area contributed by atoms with Gasteiger partial charge in [0.1, 0.15) is 6.17 Å². The molecular formula is C16H15ClN2O. The van der Waals surface area contributed by atoms with Gasteiger partial charge in [-0.05, 0) is 42.8 Å². The summed E-state index contributed by atoms with van der Waals surface area (Å²) in [4.78, 5) is 14.3. The van der Waals surface area contributed by atoms with E-state index < -0.39 is 0 Å². The maximum Gasteiger partial charge on any atom is 0.255 e. The molecule has 1 unspecified atom stereocenters. The third-order valence-corrected chi connectivity index (χ3v) is 3.76. The minimum absolute atomic E-state index is 0.0161. The van der Waals surface area contributed by atoms with Gasteiger partial charge in [-0.2, -0.15) is 0 Å². The molecule has 3 nitrogen and oxygen atoms in total. The average molecular weight is 287 g/mol. The number of amides is 1. The molecule has 1 atom stereocenters. The number of benzene rings is 2. The Kier molecular flexibility index (Phi) is 3.36. The van der Waals surface area contributed by atoms with Crippen molar-refractivity contribution in [3.63, 3.8) is 0 Å². The molecule has 0 aliphatic carbocycles. The molecular weight excluding hydrogens is 272 g/mol. The number of hydrogen-bond donors (Lipinski definition) is 1. The quantitative estimate of drug-likeness (QED) is 0.906. The summed E-state index contributed by atoms with van der Waals surface area (Å²) >= 11 is 5.96. The molecule has 1 amide bonds. The van der Waals surface area contributed by atoms with E-state index in [2.05, 4.69) is 17.1 Å². The molecule has 0 spiro atoms. The third-order valence-electron chi connectivity index (χ3n) is 3.51. The van der Waals surface area contributed by atoms with Crippen LogP contribution in [0.1, 0.15) is 23.7 Å². The van der Waals surface area contributed by atoms with Gasteiger partial charge in [0.25, 0.3) is 5.91 Å². The van der Waals surface area contributed by atoms with Crippen molar-refractivity contribution in [1.29, 1.82) is 0 Å². The topological polar surface area (TPSA) is 32.3 Å². The number of carbonyl (C=O) groups is 1. The van der Waals surface area contributed by atoms with E-state index in [9.17, 15) is 4.79 Å². The summed E-state index contributed by atoms with van der Waals surface area (Å²) in [7, 11) is 0. The SMILES string of the molecule is CCC1NC(=O)c2ccccc2N1c1ccc(Cl)cc1. The maximum absolute atomic E-state index is 12.1. The van der Waals surface area contributed by atoms with E-state index in [-0.39, 0.29) is 12.1 Å². The molecule has 0 bridgehead atoms. The first kappa shape index (κ1) is 13.0. The normalized spacial score (nSPS) is 17.6. The number of carbonyl (C=O) groups excluding carboxylic acids is 1. The van der Waals surface area contributed by atoms with Crippen LogP contribution in [0.3, 0.4) is 0 Å². The van der Waals surface area contributed by atoms with Crippen LogP contribution in [-0.4, -0.2) is 12.1 Å². The molecule has 2 aromatic rings. The number of fused-ring (bicyclic) bond motifs is 1. The number of anilines is 2. The lowest BCUT2D eigenvalue weighted by atomic mass is 10.1. The molecule has 1 aliphatic heterocycles. The van der Waals surface area contributed by atoms with E-state index in [1.54, 1.807) is 0 Å². The molecule has 1 N–H and O–H groups in total. The Labute approximate surface area is 123 Å². The minimum atomic E-state index is -0.0430.